The molecule has 0 bridgehead atoms. The third-order valence-corrected chi connectivity index (χ3v) is 5.73. The van der Waals surface area contributed by atoms with Gasteiger partial charge in [-0.05, 0) is 19.3 Å². The minimum Gasteiger partial charge on any atom is -0.377 e. The number of hydrogen-bond acceptors (Lipinski definition) is 6. The van der Waals surface area contributed by atoms with Crippen LogP contribution in [0.1, 0.15) is 30.7 Å². The van der Waals surface area contributed by atoms with Crippen LogP contribution < -0.4 is 5.32 Å². The molecule has 1 saturated carbocycles. The van der Waals surface area contributed by atoms with E-state index in [0.717, 1.165) is 6.42 Å². The molecule has 1 aromatic heterocycles. The monoisotopic (exact) mass is 301 g/mol. The van der Waals surface area contributed by atoms with Gasteiger partial charge in [0, 0.05) is 19.4 Å². The van der Waals surface area contributed by atoms with E-state index in [1.165, 1.54) is 6.26 Å². The van der Waals surface area contributed by atoms with E-state index in [9.17, 15) is 9.00 Å². The van der Waals surface area contributed by atoms with E-state index < -0.39 is 14.5 Å². The van der Waals surface area contributed by atoms with E-state index in [4.69, 9.17) is 14.0 Å². The number of ether oxygens (including phenoxy) is 1. The molecule has 0 spiro atoms. The highest BCUT2D eigenvalue weighted by Crippen LogP contribution is 2.39. The largest absolute Gasteiger partial charge is 0.377 e. The molecule has 112 valence electrons. The molecule has 0 aromatic carbocycles. The van der Waals surface area contributed by atoms with Crippen molar-refractivity contribution in [3.63, 3.8) is 0 Å². The molecule has 2 N–H and O–H groups in total. The maximum Gasteiger partial charge on any atom is 0.240 e. The highest BCUT2D eigenvalue weighted by Gasteiger charge is 2.50. The molecular formula is C12H19N3O4S. The molecule has 1 aliphatic carbocycles. The van der Waals surface area contributed by atoms with Gasteiger partial charge in [0.2, 0.25) is 5.91 Å². The lowest BCUT2D eigenvalue weighted by Crippen LogP contribution is -2.56. The molecule has 1 atom stereocenters. The van der Waals surface area contributed by atoms with Crippen molar-refractivity contribution in [2.24, 2.45) is 0 Å². The standard InChI is InChI=1S/C12H19N3O4S/c1-18-8-10-6-9(15-19-10)7-14-11(16)12(4-3-5-12)20(2,13)17/h6,13H,3-5,7-8H2,1-2H3,(H,14,16). The first-order valence-corrected chi connectivity index (χ1v) is 8.31. The van der Waals surface area contributed by atoms with E-state index in [1.54, 1.807) is 13.2 Å². The van der Waals surface area contributed by atoms with Gasteiger partial charge in [-0.3, -0.25) is 9.57 Å². The molecular weight excluding hydrogens is 282 g/mol. The molecule has 20 heavy (non-hydrogen) atoms. The molecule has 1 aliphatic rings. The Morgan fingerprint density at radius 3 is 2.85 bits per heavy atom. The molecule has 7 nitrogen and oxygen atoms in total. The summed E-state index contributed by atoms with van der Waals surface area (Å²) in [6, 6.07) is 1.70. The van der Waals surface area contributed by atoms with Crippen LogP contribution in [0.4, 0.5) is 0 Å². The summed E-state index contributed by atoms with van der Waals surface area (Å²) < 4.78 is 28.6. The van der Waals surface area contributed by atoms with Crippen LogP contribution in [0.15, 0.2) is 10.6 Å². The molecule has 8 heteroatoms. The average molecular weight is 301 g/mol. The van der Waals surface area contributed by atoms with E-state index >= 15 is 0 Å². The molecule has 1 unspecified atom stereocenters. The predicted octanol–water partition coefficient (Wildman–Crippen LogP) is 1.04. The van der Waals surface area contributed by atoms with Crippen LogP contribution in [0, 0.1) is 4.78 Å². The average Bonchev–Trinajstić information content (AvgIpc) is 2.71. The number of hydrogen-bond donors (Lipinski definition) is 2. The lowest BCUT2D eigenvalue weighted by Gasteiger charge is -2.39. The van der Waals surface area contributed by atoms with Crippen molar-refractivity contribution in [2.45, 2.75) is 37.2 Å². The van der Waals surface area contributed by atoms with Gasteiger partial charge in [0.25, 0.3) is 0 Å². The number of nitrogens with one attached hydrogen (secondary N) is 2. The smallest absolute Gasteiger partial charge is 0.240 e. The van der Waals surface area contributed by atoms with Gasteiger partial charge in [-0.1, -0.05) is 5.16 Å². The molecule has 0 aliphatic heterocycles. The van der Waals surface area contributed by atoms with Gasteiger partial charge >= 0.3 is 0 Å². The number of aromatic nitrogens is 1. The second-order valence-electron chi connectivity index (χ2n) is 5.09. The molecule has 0 radical (unpaired) electrons. The first-order valence-electron chi connectivity index (χ1n) is 6.34. The van der Waals surface area contributed by atoms with Crippen molar-refractivity contribution < 1.29 is 18.3 Å². The summed E-state index contributed by atoms with van der Waals surface area (Å²) in [6.45, 7) is 0.518. The van der Waals surface area contributed by atoms with Crippen molar-refractivity contribution in [1.29, 1.82) is 4.78 Å². The minimum absolute atomic E-state index is 0.198. The van der Waals surface area contributed by atoms with Crippen molar-refractivity contribution in [1.82, 2.24) is 10.5 Å². The van der Waals surface area contributed by atoms with Crippen molar-refractivity contribution in [3.8, 4) is 0 Å². The molecule has 1 heterocycles. The van der Waals surface area contributed by atoms with Crippen molar-refractivity contribution in [3.05, 3.63) is 17.5 Å². The van der Waals surface area contributed by atoms with Crippen LogP contribution in [0.2, 0.25) is 0 Å². The van der Waals surface area contributed by atoms with Crippen LogP contribution in [-0.4, -0.2) is 33.4 Å². The second kappa shape index (κ2) is 5.53. The zero-order chi connectivity index (χ0) is 14.8. The number of rotatable bonds is 6. The van der Waals surface area contributed by atoms with E-state index in [0.29, 0.717) is 30.9 Å². The number of amides is 1. The number of carbonyl (C=O) groups excluding carboxylic acids is 1. The third-order valence-electron chi connectivity index (χ3n) is 3.65. The molecule has 2 rings (SSSR count). The minimum atomic E-state index is -2.91. The van der Waals surface area contributed by atoms with Crippen LogP contribution in [0.25, 0.3) is 0 Å². The van der Waals surface area contributed by atoms with Gasteiger partial charge in [-0.15, -0.1) is 0 Å². The highest BCUT2D eigenvalue weighted by molar-refractivity contribution is 7.94. The Labute approximate surface area is 118 Å². The maximum absolute atomic E-state index is 12.2. The predicted molar refractivity (Wildman–Crippen MR) is 72.4 cm³/mol. The molecule has 0 saturated heterocycles. The first-order chi connectivity index (χ1) is 9.39. The van der Waals surface area contributed by atoms with Gasteiger partial charge in [0.1, 0.15) is 17.0 Å². The Bertz CT molecular complexity index is 590. The van der Waals surface area contributed by atoms with Crippen LogP contribution in [0.5, 0.6) is 0 Å². The summed E-state index contributed by atoms with van der Waals surface area (Å²) in [6.07, 6.45) is 3.18. The number of methoxy groups -OCH3 is 1. The van der Waals surface area contributed by atoms with Gasteiger partial charge in [-0.25, -0.2) is 4.21 Å². The van der Waals surface area contributed by atoms with Crippen molar-refractivity contribution >= 4 is 15.6 Å². The Morgan fingerprint density at radius 1 is 1.65 bits per heavy atom. The van der Waals surface area contributed by atoms with E-state index in [2.05, 4.69) is 10.5 Å². The lowest BCUT2D eigenvalue weighted by atomic mass is 9.83. The second-order valence-corrected chi connectivity index (χ2v) is 7.56. The Morgan fingerprint density at radius 2 is 2.35 bits per heavy atom. The van der Waals surface area contributed by atoms with Crippen molar-refractivity contribution in [2.75, 3.05) is 13.4 Å². The summed E-state index contributed by atoms with van der Waals surface area (Å²) in [5.74, 6) is 0.248. The summed E-state index contributed by atoms with van der Waals surface area (Å²) in [5, 5.41) is 6.51. The molecule has 1 fully saturated rings. The zero-order valence-corrected chi connectivity index (χ0v) is 12.4. The Hall–Kier alpha value is -1.41. The van der Waals surface area contributed by atoms with E-state index in [1.807, 2.05) is 0 Å². The Balaban J connectivity index is 1.98. The molecule has 1 amide bonds. The number of carbonyl (C=O) groups is 1. The quantitative estimate of drug-likeness (QED) is 0.816. The van der Waals surface area contributed by atoms with Crippen LogP contribution in [-0.2, 0) is 32.4 Å². The Kier molecular flexibility index (Phi) is 4.14. The maximum atomic E-state index is 12.2. The summed E-state index contributed by atoms with van der Waals surface area (Å²) >= 11 is 0. The normalized spacial score (nSPS) is 19.9. The fraction of sp³-hybridized carbons (Fsp3) is 0.667. The van der Waals surface area contributed by atoms with Gasteiger partial charge in [0.15, 0.2) is 5.76 Å². The lowest BCUT2D eigenvalue weighted by molar-refractivity contribution is -0.125. The third kappa shape index (κ3) is 2.71. The van der Waals surface area contributed by atoms with Gasteiger partial charge in [0.05, 0.1) is 16.3 Å². The number of nitrogens with zero attached hydrogens (tertiary/aromatic N) is 1. The summed E-state index contributed by atoms with van der Waals surface area (Å²) in [4.78, 5) is 12.2. The highest BCUT2D eigenvalue weighted by atomic mass is 32.2. The summed E-state index contributed by atoms with van der Waals surface area (Å²) in [5.41, 5.74) is 0.576. The summed E-state index contributed by atoms with van der Waals surface area (Å²) in [7, 11) is -1.36. The van der Waals surface area contributed by atoms with E-state index in [-0.39, 0.29) is 12.5 Å². The van der Waals surface area contributed by atoms with Gasteiger partial charge in [-0.2, -0.15) is 0 Å². The topological polar surface area (TPSA) is 105 Å². The fourth-order valence-corrected chi connectivity index (χ4v) is 3.77. The van der Waals surface area contributed by atoms with Crippen LogP contribution >= 0.6 is 0 Å². The SMILES string of the molecule is COCc1cc(CNC(=O)C2(S(C)(=N)=O)CCC2)no1. The fourth-order valence-electron chi connectivity index (χ4n) is 2.27. The molecule has 1 aromatic rings. The van der Waals surface area contributed by atoms with Crippen LogP contribution in [0.3, 0.4) is 0 Å². The zero-order valence-electron chi connectivity index (χ0n) is 11.6. The first kappa shape index (κ1) is 15.0. The van der Waals surface area contributed by atoms with Gasteiger partial charge < -0.3 is 14.6 Å².